The molecule has 28 heavy (non-hydrogen) atoms. The molecule has 0 aliphatic heterocycles. The molecule has 1 amide bonds. The van der Waals surface area contributed by atoms with Crippen molar-refractivity contribution in [2.45, 2.75) is 18.8 Å². The van der Waals surface area contributed by atoms with Crippen molar-refractivity contribution >= 4 is 22.9 Å². The lowest BCUT2D eigenvalue weighted by Gasteiger charge is -2.14. The summed E-state index contributed by atoms with van der Waals surface area (Å²) in [5.41, 5.74) is 6.71. The number of nitrogens with one attached hydrogen (secondary N) is 1. The molecule has 1 heterocycles. The fraction of sp³-hybridized carbons (Fsp3) is 0.263. The van der Waals surface area contributed by atoms with Crippen LogP contribution in [0.1, 0.15) is 11.1 Å². The highest BCUT2D eigenvalue weighted by Crippen LogP contribution is 2.30. The molecule has 1 atom stereocenters. The number of alkyl halides is 3. The molecule has 2 aromatic carbocycles. The van der Waals surface area contributed by atoms with Gasteiger partial charge in [-0.3, -0.25) is 10.1 Å². The number of para-hydroxylation sites is 2. The van der Waals surface area contributed by atoms with E-state index in [1.807, 2.05) is 0 Å². The predicted molar refractivity (Wildman–Crippen MR) is 98.8 cm³/mol. The zero-order chi connectivity index (χ0) is 20.3. The van der Waals surface area contributed by atoms with Crippen molar-refractivity contribution in [3.8, 4) is 0 Å². The molecular formula is C19H19F3N4O2. The van der Waals surface area contributed by atoms with Gasteiger partial charge in [0.1, 0.15) is 6.04 Å². The molecule has 0 aliphatic carbocycles. The van der Waals surface area contributed by atoms with Gasteiger partial charge >= 0.3 is 6.18 Å². The molecule has 0 radical (unpaired) electrons. The number of benzene rings is 2. The second kappa shape index (κ2) is 7.99. The van der Waals surface area contributed by atoms with Gasteiger partial charge < -0.3 is 15.0 Å². The molecule has 0 bridgehead atoms. The number of nitrogens with two attached hydrogens (primary N) is 1. The lowest BCUT2D eigenvalue weighted by atomic mass is 10.1. The van der Waals surface area contributed by atoms with Crippen LogP contribution in [0.5, 0.6) is 0 Å². The third-order valence-electron chi connectivity index (χ3n) is 4.17. The molecule has 1 aromatic heterocycles. The van der Waals surface area contributed by atoms with Crippen LogP contribution in [-0.4, -0.2) is 35.2 Å². The van der Waals surface area contributed by atoms with Gasteiger partial charge in [0.15, 0.2) is 0 Å². The number of ether oxygens (including phenoxy) is 1. The molecule has 1 unspecified atom stereocenters. The number of carbonyl (C=O) groups is 1. The fourth-order valence-corrected chi connectivity index (χ4v) is 2.82. The van der Waals surface area contributed by atoms with E-state index in [4.69, 9.17) is 10.5 Å². The summed E-state index contributed by atoms with van der Waals surface area (Å²) in [5.74, 6) is -0.294. The molecule has 0 fully saturated rings. The van der Waals surface area contributed by atoms with E-state index in [-0.39, 0.29) is 19.1 Å². The average molecular weight is 392 g/mol. The zero-order valence-corrected chi connectivity index (χ0v) is 15.0. The van der Waals surface area contributed by atoms with E-state index in [1.54, 1.807) is 34.9 Å². The molecule has 9 heteroatoms. The Morgan fingerprint density at radius 3 is 2.71 bits per heavy atom. The Hall–Kier alpha value is -2.91. The Labute approximate surface area is 159 Å². The number of hydrogen-bond donors (Lipinski definition) is 2. The number of amides is 1. The van der Waals surface area contributed by atoms with Gasteiger partial charge in [-0.1, -0.05) is 24.3 Å². The SMILES string of the molecule is COCC(N)C(=O)Nc1nc2ccccc2n1Cc1cccc(C(F)(F)F)c1. The molecule has 0 saturated heterocycles. The first-order valence-electron chi connectivity index (χ1n) is 8.46. The van der Waals surface area contributed by atoms with Crippen molar-refractivity contribution in [1.82, 2.24) is 9.55 Å². The zero-order valence-electron chi connectivity index (χ0n) is 15.0. The second-order valence-corrected chi connectivity index (χ2v) is 6.26. The maximum Gasteiger partial charge on any atom is 0.416 e. The lowest BCUT2D eigenvalue weighted by molar-refractivity contribution is -0.137. The maximum absolute atomic E-state index is 13.0. The minimum absolute atomic E-state index is 0.0275. The molecule has 3 N–H and O–H groups in total. The monoisotopic (exact) mass is 392 g/mol. The van der Waals surface area contributed by atoms with Crippen molar-refractivity contribution in [3.05, 3.63) is 59.7 Å². The number of imidazole rings is 1. The summed E-state index contributed by atoms with van der Waals surface area (Å²) in [4.78, 5) is 16.6. The van der Waals surface area contributed by atoms with E-state index in [0.29, 0.717) is 16.6 Å². The molecule has 0 aliphatic rings. The lowest BCUT2D eigenvalue weighted by Crippen LogP contribution is -2.39. The Morgan fingerprint density at radius 2 is 2.00 bits per heavy atom. The first-order valence-corrected chi connectivity index (χ1v) is 8.46. The van der Waals surface area contributed by atoms with E-state index >= 15 is 0 Å². The summed E-state index contributed by atoms with van der Waals surface area (Å²) in [6, 6.07) is 11.2. The summed E-state index contributed by atoms with van der Waals surface area (Å²) in [6.07, 6.45) is -4.43. The van der Waals surface area contributed by atoms with Crippen LogP contribution in [0.15, 0.2) is 48.5 Å². The molecule has 0 spiro atoms. The van der Waals surface area contributed by atoms with Crippen LogP contribution in [0.2, 0.25) is 0 Å². The average Bonchev–Trinajstić information content (AvgIpc) is 2.99. The minimum atomic E-state index is -4.43. The van der Waals surface area contributed by atoms with Gasteiger partial charge in [-0.15, -0.1) is 0 Å². The Kier molecular flexibility index (Phi) is 5.66. The largest absolute Gasteiger partial charge is 0.416 e. The van der Waals surface area contributed by atoms with E-state index in [1.165, 1.54) is 13.2 Å². The van der Waals surface area contributed by atoms with E-state index < -0.39 is 23.7 Å². The number of aromatic nitrogens is 2. The van der Waals surface area contributed by atoms with E-state index in [0.717, 1.165) is 12.1 Å². The third kappa shape index (κ3) is 4.32. The van der Waals surface area contributed by atoms with Crippen LogP contribution >= 0.6 is 0 Å². The number of fused-ring (bicyclic) bond motifs is 1. The number of nitrogens with zero attached hydrogens (tertiary/aromatic N) is 2. The van der Waals surface area contributed by atoms with Gasteiger partial charge in [0.2, 0.25) is 11.9 Å². The van der Waals surface area contributed by atoms with Crippen LogP contribution in [-0.2, 0) is 22.3 Å². The summed E-state index contributed by atoms with van der Waals surface area (Å²) in [7, 11) is 1.43. The number of halogens is 3. The quantitative estimate of drug-likeness (QED) is 0.676. The fourth-order valence-electron chi connectivity index (χ4n) is 2.82. The molecule has 0 saturated carbocycles. The number of hydrogen-bond acceptors (Lipinski definition) is 4. The first kappa shape index (κ1) is 19.8. The van der Waals surface area contributed by atoms with E-state index in [9.17, 15) is 18.0 Å². The number of anilines is 1. The van der Waals surface area contributed by atoms with E-state index in [2.05, 4.69) is 10.3 Å². The molecule has 6 nitrogen and oxygen atoms in total. The second-order valence-electron chi connectivity index (χ2n) is 6.26. The van der Waals surface area contributed by atoms with Gasteiger partial charge in [0, 0.05) is 7.11 Å². The van der Waals surface area contributed by atoms with Crippen molar-refractivity contribution in [3.63, 3.8) is 0 Å². The van der Waals surface area contributed by atoms with Gasteiger partial charge in [0.25, 0.3) is 0 Å². The summed E-state index contributed by atoms with van der Waals surface area (Å²) >= 11 is 0. The van der Waals surface area contributed by atoms with Crippen LogP contribution < -0.4 is 11.1 Å². The Morgan fingerprint density at radius 1 is 1.25 bits per heavy atom. The van der Waals surface area contributed by atoms with Crippen LogP contribution in [0, 0.1) is 0 Å². The topological polar surface area (TPSA) is 82.2 Å². The third-order valence-corrected chi connectivity index (χ3v) is 4.17. The normalized spacial score (nSPS) is 12.9. The van der Waals surface area contributed by atoms with Gasteiger partial charge in [-0.2, -0.15) is 13.2 Å². The van der Waals surface area contributed by atoms with Crippen molar-refractivity contribution < 1.29 is 22.7 Å². The van der Waals surface area contributed by atoms with Gasteiger partial charge in [0.05, 0.1) is 29.7 Å². The minimum Gasteiger partial charge on any atom is -0.383 e. The Bertz CT molecular complexity index is 985. The number of rotatable bonds is 6. The van der Waals surface area contributed by atoms with Crippen molar-refractivity contribution in [2.24, 2.45) is 5.73 Å². The van der Waals surface area contributed by atoms with Crippen LogP contribution in [0.4, 0.5) is 19.1 Å². The summed E-state index contributed by atoms with van der Waals surface area (Å²) in [6.45, 7) is 0.124. The van der Waals surface area contributed by atoms with Gasteiger partial charge in [-0.25, -0.2) is 4.98 Å². The highest BCUT2D eigenvalue weighted by molar-refractivity contribution is 5.95. The highest BCUT2D eigenvalue weighted by Gasteiger charge is 2.30. The standard InChI is InChI=1S/C19H19F3N4O2/c1-28-11-14(23)17(27)25-18-24-15-7-2-3-8-16(15)26(18)10-12-5-4-6-13(9-12)19(20,21)22/h2-9,14H,10-11,23H2,1H3,(H,24,25,27). The summed E-state index contributed by atoms with van der Waals surface area (Å²) < 4.78 is 45.5. The summed E-state index contributed by atoms with van der Waals surface area (Å²) in [5, 5.41) is 2.64. The van der Waals surface area contributed by atoms with Crippen molar-refractivity contribution in [2.75, 3.05) is 19.0 Å². The smallest absolute Gasteiger partial charge is 0.383 e. The van der Waals surface area contributed by atoms with Gasteiger partial charge in [-0.05, 0) is 29.8 Å². The number of carbonyl (C=O) groups excluding carboxylic acids is 1. The predicted octanol–water partition coefficient (Wildman–Crippen LogP) is 3.02. The number of methoxy groups -OCH3 is 1. The van der Waals surface area contributed by atoms with Crippen molar-refractivity contribution in [1.29, 1.82) is 0 Å². The molecule has 3 aromatic rings. The molecular weight excluding hydrogens is 373 g/mol. The Balaban J connectivity index is 1.97. The first-order chi connectivity index (χ1) is 13.3. The van der Waals surface area contributed by atoms with Crippen LogP contribution in [0.25, 0.3) is 11.0 Å². The molecule has 148 valence electrons. The van der Waals surface area contributed by atoms with Crippen LogP contribution in [0.3, 0.4) is 0 Å². The highest BCUT2D eigenvalue weighted by atomic mass is 19.4. The maximum atomic E-state index is 13.0. The molecule has 3 rings (SSSR count).